The Morgan fingerprint density at radius 3 is 2.38 bits per heavy atom. The van der Waals surface area contributed by atoms with E-state index in [0.717, 1.165) is 49.0 Å². The molecular formula is C19H31N4O3+. The number of amides is 2. The van der Waals surface area contributed by atoms with Crippen molar-refractivity contribution < 1.29 is 19.2 Å². The van der Waals surface area contributed by atoms with Crippen molar-refractivity contribution in [3.05, 3.63) is 24.3 Å². The van der Waals surface area contributed by atoms with Gasteiger partial charge in [0.2, 0.25) is 0 Å². The monoisotopic (exact) mass is 363 g/mol. The highest BCUT2D eigenvalue weighted by molar-refractivity contribution is 5.91. The van der Waals surface area contributed by atoms with Gasteiger partial charge in [0.15, 0.2) is 13.1 Å². The van der Waals surface area contributed by atoms with E-state index in [2.05, 4.69) is 15.5 Å². The molecule has 7 nitrogen and oxygen atoms in total. The summed E-state index contributed by atoms with van der Waals surface area (Å²) in [6.07, 6.45) is 0.895. The lowest BCUT2D eigenvalue weighted by molar-refractivity contribution is -0.862. The third-order valence-corrected chi connectivity index (χ3v) is 4.47. The molecule has 0 aromatic heterocycles. The van der Waals surface area contributed by atoms with E-state index < -0.39 is 0 Å². The summed E-state index contributed by atoms with van der Waals surface area (Å²) in [6.45, 7) is 7.81. The maximum Gasteiger partial charge on any atom is 0.279 e. The molecule has 0 bridgehead atoms. The Labute approximate surface area is 155 Å². The number of rotatable bonds is 8. The number of nitrogens with zero attached hydrogens (tertiary/aromatic N) is 1. The molecule has 1 aromatic carbocycles. The summed E-state index contributed by atoms with van der Waals surface area (Å²) in [7, 11) is 1.84. The third kappa shape index (κ3) is 6.65. The molecule has 1 heterocycles. The molecule has 1 aromatic rings. The summed E-state index contributed by atoms with van der Waals surface area (Å²) in [5.74, 6) is -0.127. The molecule has 1 unspecified atom stereocenters. The lowest BCUT2D eigenvalue weighted by atomic mass is 10.2. The molecule has 0 spiro atoms. The first-order valence-electron chi connectivity index (χ1n) is 9.31. The fourth-order valence-corrected chi connectivity index (χ4v) is 2.82. The zero-order valence-corrected chi connectivity index (χ0v) is 16.0. The van der Waals surface area contributed by atoms with E-state index in [9.17, 15) is 9.59 Å². The van der Waals surface area contributed by atoms with Crippen LogP contribution in [0.5, 0.6) is 0 Å². The van der Waals surface area contributed by atoms with Crippen LogP contribution in [0.1, 0.15) is 20.3 Å². The highest BCUT2D eigenvalue weighted by Gasteiger charge is 2.16. The van der Waals surface area contributed by atoms with E-state index in [4.69, 9.17) is 4.74 Å². The molecule has 2 amide bonds. The average Bonchev–Trinajstić information content (AvgIpc) is 2.62. The molecule has 1 aliphatic heterocycles. The normalized spacial score (nSPS) is 16.7. The Hall–Kier alpha value is -2.12. The fraction of sp³-hybridized carbons (Fsp3) is 0.579. The van der Waals surface area contributed by atoms with Gasteiger partial charge in [-0.1, -0.05) is 6.92 Å². The van der Waals surface area contributed by atoms with Crippen LogP contribution in [0.15, 0.2) is 24.3 Å². The van der Waals surface area contributed by atoms with Crippen molar-refractivity contribution in [3.8, 4) is 0 Å². The van der Waals surface area contributed by atoms with E-state index in [1.807, 2.05) is 45.2 Å². The molecule has 1 saturated heterocycles. The van der Waals surface area contributed by atoms with Crippen LogP contribution in [-0.2, 0) is 14.3 Å². The van der Waals surface area contributed by atoms with Crippen LogP contribution in [-0.4, -0.2) is 64.3 Å². The van der Waals surface area contributed by atoms with Crippen LogP contribution < -0.4 is 20.4 Å². The molecule has 1 aliphatic rings. The topological polar surface area (TPSA) is 75.1 Å². The number of anilines is 2. The average molecular weight is 363 g/mol. The highest BCUT2D eigenvalue weighted by Crippen LogP contribution is 2.18. The van der Waals surface area contributed by atoms with Gasteiger partial charge in [-0.2, -0.15) is 0 Å². The summed E-state index contributed by atoms with van der Waals surface area (Å²) >= 11 is 0. The zero-order valence-electron chi connectivity index (χ0n) is 16.0. The molecule has 0 aliphatic carbocycles. The van der Waals surface area contributed by atoms with E-state index in [1.165, 1.54) is 0 Å². The van der Waals surface area contributed by atoms with Gasteiger partial charge in [0.25, 0.3) is 11.8 Å². The number of hydrogen-bond acceptors (Lipinski definition) is 4. The molecule has 144 valence electrons. The van der Waals surface area contributed by atoms with Crippen molar-refractivity contribution in [1.29, 1.82) is 0 Å². The predicted molar refractivity (Wildman–Crippen MR) is 103 cm³/mol. The third-order valence-electron chi connectivity index (χ3n) is 4.47. The number of carbonyl (C=O) groups is 2. The van der Waals surface area contributed by atoms with Crippen molar-refractivity contribution in [2.75, 3.05) is 56.7 Å². The predicted octanol–water partition coefficient (Wildman–Crippen LogP) is -0.109. The van der Waals surface area contributed by atoms with Crippen molar-refractivity contribution in [3.63, 3.8) is 0 Å². The van der Waals surface area contributed by atoms with Gasteiger partial charge in [0.05, 0.1) is 20.3 Å². The van der Waals surface area contributed by atoms with Crippen molar-refractivity contribution in [2.45, 2.75) is 26.3 Å². The first kappa shape index (κ1) is 20.2. The van der Waals surface area contributed by atoms with E-state index >= 15 is 0 Å². The molecule has 7 heteroatoms. The molecule has 2 atom stereocenters. The number of benzene rings is 1. The highest BCUT2D eigenvalue weighted by atomic mass is 16.5. The van der Waals surface area contributed by atoms with Gasteiger partial charge in [-0.05, 0) is 37.6 Å². The molecule has 2 rings (SSSR count). The lowest BCUT2D eigenvalue weighted by Crippen LogP contribution is -3.11. The molecule has 1 fully saturated rings. The van der Waals surface area contributed by atoms with E-state index in [1.54, 1.807) is 0 Å². The molecule has 3 N–H and O–H groups in total. The van der Waals surface area contributed by atoms with Crippen LogP contribution in [0, 0.1) is 0 Å². The summed E-state index contributed by atoms with van der Waals surface area (Å²) in [5.41, 5.74) is 1.90. The van der Waals surface area contributed by atoms with Crippen LogP contribution in [0.2, 0.25) is 0 Å². The molecule has 26 heavy (non-hydrogen) atoms. The maximum absolute atomic E-state index is 12.2. The molecule has 0 saturated carbocycles. The Kier molecular flexibility index (Phi) is 7.87. The minimum atomic E-state index is -0.0991. The second-order valence-electron chi connectivity index (χ2n) is 6.88. The van der Waals surface area contributed by atoms with E-state index in [0.29, 0.717) is 0 Å². The number of carbonyl (C=O) groups excluding carboxylic acids is 2. The minimum Gasteiger partial charge on any atom is -0.378 e. The van der Waals surface area contributed by atoms with Crippen molar-refractivity contribution >= 4 is 23.2 Å². The molecule has 0 radical (unpaired) electrons. The Balaban J connectivity index is 1.77. The number of likely N-dealkylation sites (N-methyl/N-ethyl adjacent to an activating group) is 1. The maximum atomic E-state index is 12.2. The standard InChI is InChI=1S/C19H30N4O3/c1-4-15(2)20-18(24)13-22(3)14-19(25)21-16-5-7-17(8-6-16)23-9-11-26-12-10-23/h5-8,15H,4,9-14H2,1-3H3,(H,20,24)(H,21,25)/p+1/t15-/m0/s1. The van der Waals surface area contributed by atoms with Crippen LogP contribution in [0.4, 0.5) is 11.4 Å². The number of morpholine rings is 1. The fourth-order valence-electron chi connectivity index (χ4n) is 2.82. The SMILES string of the molecule is CC[C@H](C)NC(=O)C[NH+](C)CC(=O)Nc1ccc(N2CCOCC2)cc1. The van der Waals surface area contributed by atoms with Crippen molar-refractivity contribution in [2.24, 2.45) is 0 Å². The Bertz CT molecular complexity index is 585. The number of hydrogen-bond donors (Lipinski definition) is 3. The van der Waals surface area contributed by atoms with Gasteiger partial charge in [0, 0.05) is 30.5 Å². The van der Waals surface area contributed by atoms with Gasteiger partial charge in [-0.25, -0.2) is 0 Å². The summed E-state index contributed by atoms with van der Waals surface area (Å²) in [5, 5.41) is 5.81. The smallest absolute Gasteiger partial charge is 0.279 e. The van der Waals surface area contributed by atoms with Crippen LogP contribution in [0.3, 0.4) is 0 Å². The van der Waals surface area contributed by atoms with Crippen LogP contribution >= 0.6 is 0 Å². The second kappa shape index (κ2) is 10.1. The van der Waals surface area contributed by atoms with Gasteiger partial charge in [-0.15, -0.1) is 0 Å². The summed E-state index contributed by atoms with van der Waals surface area (Å²) in [4.78, 5) is 27.2. The number of ether oxygens (including phenoxy) is 1. The quantitative estimate of drug-likeness (QED) is 0.603. The Morgan fingerprint density at radius 2 is 1.77 bits per heavy atom. The first-order valence-corrected chi connectivity index (χ1v) is 9.31. The largest absolute Gasteiger partial charge is 0.378 e. The zero-order chi connectivity index (χ0) is 18.9. The second-order valence-corrected chi connectivity index (χ2v) is 6.88. The van der Waals surface area contributed by atoms with Gasteiger partial charge in [-0.3, -0.25) is 9.59 Å². The van der Waals surface area contributed by atoms with Crippen molar-refractivity contribution in [1.82, 2.24) is 5.32 Å². The lowest BCUT2D eigenvalue weighted by Gasteiger charge is -2.28. The number of nitrogens with one attached hydrogen (secondary N) is 3. The first-order chi connectivity index (χ1) is 12.5. The minimum absolute atomic E-state index is 0.0282. The van der Waals surface area contributed by atoms with Gasteiger partial charge < -0.3 is 25.2 Å². The molecular weight excluding hydrogens is 332 g/mol. The summed E-state index contributed by atoms with van der Waals surface area (Å²) < 4.78 is 5.36. The van der Waals surface area contributed by atoms with E-state index in [-0.39, 0.29) is 30.9 Å². The number of quaternary nitrogens is 1. The Morgan fingerprint density at radius 1 is 1.15 bits per heavy atom. The van der Waals surface area contributed by atoms with Crippen LogP contribution in [0.25, 0.3) is 0 Å². The van der Waals surface area contributed by atoms with Gasteiger partial charge in [0.1, 0.15) is 0 Å². The summed E-state index contributed by atoms with van der Waals surface area (Å²) in [6, 6.07) is 8.00. The van der Waals surface area contributed by atoms with Gasteiger partial charge >= 0.3 is 0 Å².